The first-order chi connectivity index (χ1) is 11.3. The second-order valence-electron chi connectivity index (χ2n) is 5.69. The molecule has 1 fully saturated rings. The van der Waals surface area contributed by atoms with E-state index in [1.807, 2.05) is 0 Å². The monoisotopic (exact) mass is 339 g/mol. The maximum Gasteiger partial charge on any atom is 0.416 e. The Balaban J connectivity index is 1.67. The first-order valence-electron chi connectivity index (χ1n) is 7.41. The molecule has 2 amide bonds. The molecule has 0 spiro atoms. The van der Waals surface area contributed by atoms with Crippen molar-refractivity contribution in [3.63, 3.8) is 0 Å². The number of carbonyl (C=O) groups excluding carboxylic acids is 1. The number of hydrogen-bond donors (Lipinski definition) is 1. The van der Waals surface area contributed by atoms with Gasteiger partial charge in [-0.15, -0.1) is 0 Å². The van der Waals surface area contributed by atoms with Crippen LogP contribution in [-0.4, -0.2) is 38.8 Å². The van der Waals surface area contributed by atoms with Gasteiger partial charge in [-0.2, -0.15) is 23.3 Å². The quantitative estimate of drug-likeness (QED) is 0.915. The summed E-state index contributed by atoms with van der Waals surface area (Å²) in [5.41, 5.74) is -0.0687. The summed E-state index contributed by atoms with van der Waals surface area (Å²) < 4.78 is 39.9. The van der Waals surface area contributed by atoms with Gasteiger partial charge in [0.1, 0.15) is 6.33 Å². The van der Waals surface area contributed by atoms with Crippen molar-refractivity contribution in [3.8, 4) is 0 Å². The minimum absolute atomic E-state index is 0.113. The predicted octanol–water partition coefficient (Wildman–Crippen LogP) is 2.86. The van der Waals surface area contributed by atoms with Crippen LogP contribution in [0.15, 0.2) is 30.6 Å². The second kappa shape index (κ2) is 6.14. The maximum absolute atomic E-state index is 12.8. The van der Waals surface area contributed by atoms with Gasteiger partial charge in [-0.25, -0.2) is 9.48 Å². The third-order valence-corrected chi connectivity index (χ3v) is 4.09. The Morgan fingerprint density at radius 3 is 2.83 bits per heavy atom. The minimum Gasteiger partial charge on any atom is -0.324 e. The summed E-state index contributed by atoms with van der Waals surface area (Å²) in [5.74, 6) is 0.208. The molecule has 0 radical (unpaired) electrons. The van der Waals surface area contributed by atoms with Gasteiger partial charge in [0.2, 0.25) is 5.95 Å². The molecule has 9 heteroatoms. The fourth-order valence-electron chi connectivity index (χ4n) is 2.77. The van der Waals surface area contributed by atoms with Gasteiger partial charge in [0.05, 0.1) is 5.56 Å². The fourth-order valence-corrected chi connectivity index (χ4v) is 2.77. The molecule has 2 aromatic rings. The third-order valence-electron chi connectivity index (χ3n) is 4.09. The van der Waals surface area contributed by atoms with Gasteiger partial charge in [0.25, 0.3) is 0 Å². The van der Waals surface area contributed by atoms with E-state index >= 15 is 0 Å². The van der Waals surface area contributed by atoms with Gasteiger partial charge in [-0.1, -0.05) is 18.2 Å². The lowest BCUT2D eigenvalue weighted by atomic mass is 9.96. The Labute approximate surface area is 136 Å². The Hall–Kier alpha value is -2.58. The van der Waals surface area contributed by atoms with Gasteiger partial charge < -0.3 is 4.90 Å². The first-order valence-corrected chi connectivity index (χ1v) is 7.41. The molecule has 0 aliphatic carbocycles. The molecular weight excluding hydrogens is 323 g/mol. The predicted molar refractivity (Wildman–Crippen MR) is 80.4 cm³/mol. The Morgan fingerprint density at radius 1 is 1.38 bits per heavy atom. The molecule has 1 atom stereocenters. The number of nitrogens with one attached hydrogen (secondary N) is 1. The van der Waals surface area contributed by atoms with Crippen molar-refractivity contribution in [1.29, 1.82) is 0 Å². The van der Waals surface area contributed by atoms with E-state index in [0.717, 1.165) is 12.1 Å². The smallest absolute Gasteiger partial charge is 0.324 e. The largest absolute Gasteiger partial charge is 0.416 e. The second-order valence-corrected chi connectivity index (χ2v) is 5.69. The van der Waals surface area contributed by atoms with Crippen molar-refractivity contribution in [1.82, 2.24) is 19.7 Å². The molecule has 0 bridgehead atoms. The number of halogens is 3. The molecule has 1 aromatic carbocycles. The van der Waals surface area contributed by atoms with Gasteiger partial charge in [0, 0.05) is 26.1 Å². The summed E-state index contributed by atoms with van der Waals surface area (Å²) in [5, 5.41) is 6.49. The van der Waals surface area contributed by atoms with Crippen molar-refractivity contribution in [3.05, 3.63) is 41.7 Å². The molecule has 1 aliphatic rings. The highest BCUT2D eigenvalue weighted by atomic mass is 19.4. The number of anilines is 1. The number of aryl methyl sites for hydroxylation is 1. The topological polar surface area (TPSA) is 63.1 Å². The number of hydrogen-bond acceptors (Lipinski definition) is 3. The zero-order valence-electron chi connectivity index (χ0n) is 12.9. The maximum atomic E-state index is 12.8. The molecule has 1 saturated heterocycles. The molecule has 24 heavy (non-hydrogen) atoms. The summed E-state index contributed by atoms with van der Waals surface area (Å²) in [6.07, 6.45) is -2.42. The molecular formula is C15H16F3N5O. The van der Waals surface area contributed by atoms with Crippen LogP contribution in [0.25, 0.3) is 0 Å². The van der Waals surface area contributed by atoms with Gasteiger partial charge in [0.15, 0.2) is 0 Å². The van der Waals surface area contributed by atoms with Gasteiger partial charge in [-0.05, 0) is 18.1 Å². The summed E-state index contributed by atoms with van der Waals surface area (Å²) in [7, 11) is 1.65. The number of carbonyl (C=O) groups is 1. The van der Waals surface area contributed by atoms with Crippen molar-refractivity contribution >= 4 is 12.0 Å². The highest BCUT2D eigenvalue weighted by molar-refractivity contribution is 5.87. The normalized spacial score (nSPS) is 18.0. The van der Waals surface area contributed by atoms with Gasteiger partial charge >= 0.3 is 12.2 Å². The number of alkyl halides is 3. The summed E-state index contributed by atoms with van der Waals surface area (Å²) in [4.78, 5) is 17.7. The van der Waals surface area contributed by atoms with E-state index < -0.39 is 11.7 Å². The molecule has 0 unspecified atom stereocenters. The lowest BCUT2D eigenvalue weighted by Crippen LogP contribution is -2.33. The molecule has 1 aromatic heterocycles. The number of urea groups is 1. The SMILES string of the molecule is Cn1ncnc1NC(=O)N1CC[C@H](c2cccc(C(F)(F)F)c2)C1. The number of benzene rings is 1. The number of amides is 2. The third kappa shape index (κ3) is 3.34. The molecule has 2 heterocycles. The molecule has 1 aliphatic heterocycles. The first kappa shape index (κ1) is 16.3. The highest BCUT2D eigenvalue weighted by Crippen LogP contribution is 2.33. The minimum atomic E-state index is -4.36. The van der Waals surface area contributed by atoms with Crippen LogP contribution in [0, 0.1) is 0 Å². The van der Waals surface area contributed by atoms with Crippen LogP contribution in [-0.2, 0) is 13.2 Å². The summed E-state index contributed by atoms with van der Waals surface area (Å²) in [6.45, 7) is 0.843. The lowest BCUT2D eigenvalue weighted by molar-refractivity contribution is -0.137. The standard InChI is InChI=1S/C15H16F3N5O/c1-22-13(19-9-20-22)21-14(24)23-6-5-11(8-23)10-3-2-4-12(7-10)15(16,17)18/h2-4,7,9,11H,5-6,8H2,1H3,(H,19,20,21,24)/t11-/m0/s1. The Bertz CT molecular complexity index is 743. The van der Waals surface area contributed by atoms with E-state index in [0.29, 0.717) is 31.0 Å². The highest BCUT2D eigenvalue weighted by Gasteiger charge is 2.33. The number of likely N-dealkylation sites (tertiary alicyclic amines) is 1. The Kier molecular flexibility index (Phi) is 4.16. The van der Waals surface area contributed by atoms with Crippen LogP contribution in [0.5, 0.6) is 0 Å². The van der Waals surface area contributed by atoms with Crippen molar-refractivity contribution in [2.75, 3.05) is 18.4 Å². The molecule has 6 nitrogen and oxygen atoms in total. The van der Waals surface area contributed by atoms with Gasteiger partial charge in [-0.3, -0.25) is 5.32 Å². The van der Waals surface area contributed by atoms with Crippen LogP contribution in [0.1, 0.15) is 23.5 Å². The number of aromatic nitrogens is 3. The summed E-state index contributed by atoms with van der Waals surface area (Å²) >= 11 is 0. The van der Waals surface area contributed by atoms with Crippen LogP contribution in [0.4, 0.5) is 23.9 Å². The van der Waals surface area contributed by atoms with Crippen molar-refractivity contribution in [2.24, 2.45) is 7.05 Å². The van der Waals surface area contributed by atoms with E-state index in [1.165, 1.54) is 17.1 Å². The van der Waals surface area contributed by atoms with Crippen LogP contribution >= 0.6 is 0 Å². The zero-order chi connectivity index (χ0) is 17.3. The van der Waals surface area contributed by atoms with Crippen LogP contribution < -0.4 is 5.32 Å². The van der Waals surface area contributed by atoms with E-state index in [4.69, 9.17) is 0 Å². The van der Waals surface area contributed by atoms with Crippen molar-refractivity contribution < 1.29 is 18.0 Å². The van der Waals surface area contributed by atoms with E-state index in [1.54, 1.807) is 18.0 Å². The molecule has 128 valence electrons. The Morgan fingerprint density at radius 2 is 2.17 bits per heavy atom. The lowest BCUT2D eigenvalue weighted by Gasteiger charge is -2.17. The molecule has 1 N–H and O–H groups in total. The average Bonchev–Trinajstić information content (AvgIpc) is 3.16. The molecule has 3 rings (SSSR count). The van der Waals surface area contributed by atoms with Crippen LogP contribution in [0.3, 0.4) is 0 Å². The zero-order valence-corrected chi connectivity index (χ0v) is 12.9. The average molecular weight is 339 g/mol. The van der Waals surface area contributed by atoms with E-state index in [-0.39, 0.29) is 11.9 Å². The van der Waals surface area contributed by atoms with Crippen molar-refractivity contribution in [2.45, 2.75) is 18.5 Å². The number of nitrogens with zero attached hydrogens (tertiary/aromatic N) is 4. The van der Waals surface area contributed by atoms with E-state index in [9.17, 15) is 18.0 Å². The fraction of sp³-hybridized carbons (Fsp3) is 0.400. The van der Waals surface area contributed by atoms with E-state index in [2.05, 4.69) is 15.4 Å². The number of rotatable bonds is 2. The molecule has 0 saturated carbocycles. The van der Waals surface area contributed by atoms with Crippen LogP contribution in [0.2, 0.25) is 0 Å². The summed E-state index contributed by atoms with van der Waals surface area (Å²) in [6, 6.07) is 4.96.